The Hall–Kier alpha value is -5.10. The monoisotopic (exact) mass is 648 g/mol. The molecule has 1 fully saturated rings. The van der Waals surface area contributed by atoms with Gasteiger partial charge in [0.05, 0.1) is 5.69 Å². The highest BCUT2D eigenvalue weighted by Crippen LogP contribution is 2.41. The molecular formula is C27H24N10O6S2. The minimum absolute atomic E-state index is 0.141. The van der Waals surface area contributed by atoms with Crippen LogP contribution in [0.15, 0.2) is 87.4 Å². The molecule has 16 nitrogen and oxygen atoms in total. The van der Waals surface area contributed by atoms with E-state index in [1.807, 2.05) is 0 Å². The molecule has 3 aliphatic rings. The zero-order valence-electron chi connectivity index (χ0n) is 23.4. The number of rotatable bonds is 10. The number of benzene rings is 2. The summed E-state index contributed by atoms with van der Waals surface area (Å²) >= 11 is 2.55. The molecule has 4 heterocycles. The van der Waals surface area contributed by atoms with E-state index in [4.69, 9.17) is 0 Å². The summed E-state index contributed by atoms with van der Waals surface area (Å²) in [6, 6.07) is 12.9. The van der Waals surface area contributed by atoms with E-state index in [2.05, 4.69) is 36.5 Å². The highest BCUT2D eigenvalue weighted by molar-refractivity contribution is 8.01. The van der Waals surface area contributed by atoms with E-state index in [-0.39, 0.29) is 11.4 Å². The third kappa shape index (κ3) is 5.76. The Morgan fingerprint density at radius 2 is 1.78 bits per heavy atom. The number of nitrogens with zero attached hydrogens (tertiary/aromatic N) is 8. The number of amides is 4. The van der Waals surface area contributed by atoms with Crippen molar-refractivity contribution in [3.05, 3.63) is 77.5 Å². The highest BCUT2D eigenvalue weighted by atomic mass is 32.2. The van der Waals surface area contributed by atoms with Gasteiger partial charge in [0.1, 0.15) is 23.2 Å². The number of thioether (sulfide) groups is 2. The molecule has 3 unspecified atom stereocenters. The molecule has 1 saturated heterocycles. The minimum atomic E-state index is -1.52. The second-order valence-electron chi connectivity index (χ2n) is 9.97. The molecule has 1 aromatic heterocycles. The maximum Gasteiger partial charge on any atom is 0.352 e. The van der Waals surface area contributed by atoms with Gasteiger partial charge in [-0.1, -0.05) is 65.5 Å². The van der Waals surface area contributed by atoms with Gasteiger partial charge < -0.3 is 15.7 Å². The van der Waals surface area contributed by atoms with E-state index < -0.39 is 53.1 Å². The minimum Gasteiger partial charge on any atom is -0.477 e. The van der Waals surface area contributed by atoms with Crippen molar-refractivity contribution in [3.8, 4) is 0 Å². The van der Waals surface area contributed by atoms with Crippen LogP contribution in [0.25, 0.3) is 0 Å². The van der Waals surface area contributed by atoms with Gasteiger partial charge in [0, 0.05) is 18.6 Å². The smallest absolute Gasteiger partial charge is 0.352 e. The Bertz CT molecular complexity index is 1730. The maximum atomic E-state index is 13.6. The number of anilines is 1. The van der Waals surface area contributed by atoms with Gasteiger partial charge >= 0.3 is 5.97 Å². The van der Waals surface area contributed by atoms with Crippen molar-refractivity contribution in [2.24, 2.45) is 17.4 Å². The third-order valence-electron chi connectivity index (χ3n) is 7.13. The molecule has 0 aliphatic carbocycles. The number of tetrazole rings is 1. The molecule has 0 radical (unpaired) electrons. The van der Waals surface area contributed by atoms with Gasteiger partial charge in [0.15, 0.2) is 0 Å². The van der Waals surface area contributed by atoms with Crippen LogP contribution in [0.3, 0.4) is 0 Å². The summed E-state index contributed by atoms with van der Waals surface area (Å²) in [5.74, 6) is -3.57. The Labute approximate surface area is 263 Å². The van der Waals surface area contributed by atoms with Gasteiger partial charge in [-0.15, -0.1) is 22.0 Å². The maximum absolute atomic E-state index is 13.6. The molecule has 3 N–H and O–H groups in total. The Morgan fingerprint density at radius 1 is 1.07 bits per heavy atom. The quantitative estimate of drug-likeness (QED) is 0.158. The van der Waals surface area contributed by atoms with Gasteiger partial charge in [-0.25, -0.2) is 9.48 Å². The number of fused-ring (bicyclic) bond motifs is 1. The molecule has 0 saturated carbocycles. The van der Waals surface area contributed by atoms with E-state index >= 15 is 0 Å². The van der Waals surface area contributed by atoms with E-state index in [1.54, 1.807) is 67.7 Å². The molecular weight excluding hydrogens is 624 g/mol. The molecule has 4 atom stereocenters. The zero-order chi connectivity index (χ0) is 31.7. The Kier molecular flexibility index (Phi) is 8.31. The number of β-lactam (4-membered cyclic amide) rings is 1. The summed E-state index contributed by atoms with van der Waals surface area (Å²) in [6.07, 6.45) is 0. The largest absolute Gasteiger partial charge is 0.477 e. The Balaban J connectivity index is 1.16. The number of carboxylic acids is 1. The number of nitrogens with one attached hydrogen (secondary N) is 2. The molecule has 3 aliphatic heterocycles. The van der Waals surface area contributed by atoms with Crippen molar-refractivity contribution in [1.29, 1.82) is 0 Å². The fraction of sp³-hybridized carbons (Fsp3) is 0.259. The van der Waals surface area contributed by atoms with Gasteiger partial charge in [-0.2, -0.15) is 5.01 Å². The summed E-state index contributed by atoms with van der Waals surface area (Å²) in [5, 5.41) is 34.9. The first kappa shape index (κ1) is 29.9. The molecule has 6 rings (SSSR count). The average molecular weight is 649 g/mol. The average Bonchev–Trinajstić information content (AvgIpc) is 3.65. The number of carboxylic acid groups (broad SMARTS) is 1. The molecule has 18 heteroatoms. The van der Waals surface area contributed by atoms with Crippen LogP contribution >= 0.6 is 23.5 Å². The summed E-state index contributed by atoms with van der Waals surface area (Å²) in [4.78, 5) is 66.5. The van der Waals surface area contributed by atoms with E-state index in [0.717, 1.165) is 9.91 Å². The van der Waals surface area contributed by atoms with Crippen LogP contribution in [0.1, 0.15) is 11.6 Å². The van der Waals surface area contributed by atoms with E-state index in [9.17, 15) is 29.1 Å². The number of carbonyl (C=O) groups excluding carboxylic acids is 4. The molecule has 45 heavy (non-hydrogen) atoms. The Morgan fingerprint density at radius 3 is 2.44 bits per heavy atom. The lowest BCUT2D eigenvalue weighted by molar-refractivity contribution is -0.151. The highest BCUT2D eigenvalue weighted by Gasteiger charge is 2.54. The number of aliphatic carboxylic acids is 1. The predicted molar refractivity (Wildman–Crippen MR) is 159 cm³/mol. The molecule has 3 aromatic rings. The molecule has 0 bridgehead atoms. The van der Waals surface area contributed by atoms with Gasteiger partial charge in [-0.3, -0.25) is 24.1 Å². The van der Waals surface area contributed by atoms with Crippen LogP contribution < -0.4 is 15.6 Å². The molecule has 230 valence electrons. The lowest BCUT2D eigenvalue weighted by atomic mass is 10.0. The second-order valence-corrected chi connectivity index (χ2v) is 12.0. The molecule has 0 spiro atoms. The van der Waals surface area contributed by atoms with Crippen LogP contribution in [0.4, 0.5) is 5.69 Å². The summed E-state index contributed by atoms with van der Waals surface area (Å²) in [7, 11) is 1.66. The van der Waals surface area contributed by atoms with Crippen molar-refractivity contribution >= 4 is 58.8 Å². The first-order valence-corrected chi connectivity index (χ1v) is 15.5. The van der Waals surface area contributed by atoms with Crippen molar-refractivity contribution in [2.45, 2.75) is 28.7 Å². The van der Waals surface area contributed by atoms with Gasteiger partial charge in [0.2, 0.25) is 17.1 Å². The van der Waals surface area contributed by atoms with Crippen molar-refractivity contribution in [1.82, 2.24) is 35.7 Å². The summed E-state index contributed by atoms with van der Waals surface area (Å²) < 4.78 is 1.46. The number of carbonyl (C=O) groups is 5. The van der Waals surface area contributed by atoms with Crippen molar-refractivity contribution in [2.75, 3.05) is 16.5 Å². The van der Waals surface area contributed by atoms with E-state index in [0.29, 0.717) is 27.7 Å². The van der Waals surface area contributed by atoms with Crippen LogP contribution in [0.5, 0.6) is 0 Å². The van der Waals surface area contributed by atoms with Gasteiger partial charge in [-0.05, 0) is 33.7 Å². The second kappa shape index (κ2) is 12.5. The number of hydrogen-bond acceptors (Lipinski definition) is 12. The van der Waals surface area contributed by atoms with Crippen LogP contribution in [-0.2, 0) is 31.0 Å². The fourth-order valence-electron chi connectivity index (χ4n) is 4.92. The standard InChI is InChI=1S/C27H24N10O6S2/c1-35-27(31-32-34-35)45-13-15-12-44-25-19(23(40)36(25)20(15)26(42)43)29-21(38)17(14-8-4-2-5-9-14)28-22(39)18-24(41)37(33-30-18)16-10-6-3-7-11-16/h2-11,17-19,25H,12-13H2,1H3,(H,28,39)(H,29,38)(H,42,43)/t17?,18?,19?,25-/m0/s1. The van der Waals surface area contributed by atoms with Crippen LogP contribution in [-0.4, -0.2) is 88.8 Å². The SMILES string of the molecule is Cn1nnnc1SCC1=C(C(=O)O)N2C(=O)C(NC(=O)C(NC(=O)C3N=NN(c4ccccc4)C3=O)c3ccccc3)[C@@H]2SC1. The first-order valence-electron chi connectivity index (χ1n) is 13.4. The topological polar surface area (TPSA) is 204 Å². The lowest BCUT2D eigenvalue weighted by Crippen LogP contribution is -2.71. The van der Waals surface area contributed by atoms with Crippen molar-refractivity contribution < 1.29 is 29.1 Å². The predicted octanol–water partition coefficient (Wildman–Crippen LogP) is 0.681. The normalized spacial score (nSPS) is 21.3. The molecule has 2 aromatic carbocycles. The van der Waals surface area contributed by atoms with Crippen LogP contribution in [0, 0.1) is 0 Å². The number of para-hydroxylation sites is 1. The fourth-order valence-corrected chi connectivity index (χ4v) is 7.25. The third-order valence-corrected chi connectivity index (χ3v) is 9.57. The zero-order valence-corrected chi connectivity index (χ0v) is 25.0. The van der Waals surface area contributed by atoms with Crippen LogP contribution in [0.2, 0.25) is 0 Å². The summed E-state index contributed by atoms with van der Waals surface area (Å²) in [5.41, 5.74) is 1.20. The lowest BCUT2D eigenvalue weighted by Gasteiger charge is -2.49. The number of aryl methyl sites for hydroxylation is 1. The molecule has 4 amide bonds. The summed E-state index contributed by atoms with van der Waals surface area (Å²) in [6.45, 7) is 0. The van der Waals surface area contributed by atoms with Gasteiger partial charge in [0.25, 0.3) is 17.7 Å². The number of aromatic nitrogens is 4. The van der Waals surface area contributed by atoms with Crippen molar-refractivity contribution in [3.63, 3.8) is 0 Å². The van der Waals surface area contributed by atoms with E-state index in [1.165, 1.54) is 28.2 Å². The first-order chi connectivity index (χ1) is 21.7. The number of hydrogen-bond donors (Lipinski definition) is 3.